The molecule has 2 heterocycles. The molecule has 0 spiro atoms. The number of carbonyl (C=O) groups is 1. The maximum Gasteiger partial charge on any atom is 0.255 e. The number of piperazine rings is 1. The standard InChI is InChI=1S/C22H22Cl2N4O/c1-15-21(16(2)28(25-15)18-6-4-3-5-7-18)26-10-12-27(13-11-26)22(29)19-9-8-17(23)14-20(19)24/h3-9,14H,10-13H2,1-2H3. The Morgan fingerprint density at radius 1 is 0.966 bits per heavy atom. The molecule has 1 amide bonds. The first kappa shape index (κ1) is 19.8. The SMILES string of the molecule is Cc1nn(-c2ccccc2)c(C)c1N1CCN(C(=O)c2ccc(Cl)cc2Cl)CC1. The highest BCUT2D eigenvalue weighted by Gasteiger charge is 2.27. The van der Waals surface area contributed by atoms with Crippen LogP contribution < -0.4 is 4.90 Å². The number of halogens is 2. The van der Waals surface area contributed by atoms with E-state index in [2.05, 4.69) is 24.0 Å². The molecule has 0 aliphatic carbocycles. The number of aromatic nitrogens is 2. The summed E-state index contributed by atoms with van der Waals surface area (Å²) in [4.78, 5) is 17.0. The quantitative estimate of drug-likeness (QED) is 0.603. The molecular weight excluding hydrogens is 407 g/mol. The summed E-state index contributed by atoms with van der Waals surface area (Å²) in [6.07, 6.45) is 0. The lowest BCUT2D eigenvalue weighted by Crippen LogP contribution is -2.49. The predicted octanol–water partition coefficient (Wildman–Crippen LogP) is 4.76. The number of carbonyl (C=O) groups excluding carboxylic acids is 1. The third-order valence-electron chi connectivity index (χ3n) is 5.30. The van der Waals surface area contributed by atoms with Crippen molar-refractivity contribution in [3.63, 3.8) is 0 Å². The minimum absolute atomic E-state index is 0.0558. The number of nitrogens with zero attached hydrogens (tertiary/aromatic N) is 4. The van der Waals surface area contributed by atoms with Crippen LogP contribution in [0.2, 0.25) is 10.0 Å². The molecule has 29 heavy (non-hydrogen) atoms. The Morgan fingerprint density at radius 2 is 1.66 bits per heavy atom. The van der Waals surface area contributed by atoms with Crippen molar-refractivity contribution in [1.82, 2.24) is 14.7 Å². The molecule has 1 saturated heterocycles. The second kappa shape index (κ2) is 8.09. The minimum Gasteiger partial charge on any atom is -0.365 e. The lowest BCUT2D eigenvalue weighted by molar-refractivity contribution is 0.0747. The second-order valence-corrected chi connectivity index (χ2v) is 8.01. The molecule has 1 fully saturated rings. The highest BCUT2D eigenvalue weighted by molar-refractivity contribution is 6.36. The summed E-state index contributed by atoms with van der Waals surface area (Å²) >= 11 is 12.2. The molecule has 2 aromatic carbocycles. The van der Waals surface area contributed by atoms with E-state index in [1.54, 1.807) is 18.2 Å². The number of anilines is 1. The third kappa shape index (κ3) is 3.85. The summed E-state index contributed by atoms with van der Waals surface area (Å²) < 4.78 is 1.98. The molecule has 1 aromatic heterocycles. The molecule has 7 heteroatoms. The number of amides is 1. The topological polar surface area (TPSA) is 41.4 Å². The van der Waals surface area contributed by atoms with Crippen LogP contribution in [0.15, 0.2) is 48.5 Å². The maximum atomic E-state index is 12.9. The zero-order chi connectivity index (χ0) is 20.5. The van der Waals surface area contributed by atoms with E-state index in [0.29, 0.717) is 28.7 Å². The van der Waals surface area contributed by atoms with Gasteiger partial charge in [0.25, 0.3) is 5.91 Å². The maximum absolute atomic E-state index is 12.9. The Bertz CT molecular complexity index is 1040. The molecule has 0 atom stereocenters. The number of hydrogen-bond donors (Lipinski definition) is 0. The van der Waals surface area contributed by atoms with Crippen LogP contribution in [0.25, 0.3) is 5.69 Å². The number of para-hydroxylation sites is 1. The molecule has 0 bridgehead atoms. The Hall–Kier alpha value is -2.50. The van der Waals surface area contributed by atoms with Gasteiger partial charge >= 0.3 is 0 Å². The van der Waals surface area contributed by atoms with Crippen LogP contribution >= 0.6 is 23.2 Å². The molecule has 0 radical (unpaired) electrons. The van der Waals surface area contributed by atoms with Crippen LogP contribution in [0.3, 0.4) is 0 Å². The van der Waals surface area contributed by atoms with Gasteiger partial charge in [0.15, 0.2) is 0 Å². The molecule has 0 N–H and O–H groups in total. The Kier molecular flexibility index (Phi) is 5.52. The van der Waals surface area contributed by atoms with Gasteiger partial charge in [-0.05, 0) is 44.2 Å². The summed E-state index contributed by atoms with van der Waals surface area (Å²) in [6, 6.07) is 15.1. The Morgan fingerprint density at radius 3 is 2.31 bits per heavy atom. The average molecular weight is 429 g/mol. The average Bonchev–Trinajstić information content (AvgIpc) is 3.02. The van der Waals surface area contributed by atoms with Gasteiger partial charge in [-0.1, -0.05) is 41.4 Å². The van der Waals surface area contributed by atoms with Gasteiger partial charge in [-0.25, -0.2) is 4.68 Å². The van der Waals surface area contributed by atoms with Crippen LogP contribution in [0.4, 0.5) is 5.69 Å². The van der Waals surface area contributed by atoms with Crippen LogP contribution in [0, 0.1) is 13.8 Å². The van der Waals surface area contributed by atoms with Crippen molar-refractivity contribution in [3.8, 4) is 5.69 Å². The van der Waals surface area contributed by atoms with Gasteiger partial charge in [0.05, 0.1) is 33.3 Å². The number of rotatable bonds is 3. The highest BCUT2D eigenvalue weighted by atomic mass is 35.5. The molecule has 1 aliphatic rings. The lowest BCUT2D eigenvalue weighted by Gasteiger charge is -2.36. The van der Waals surface area contributed by atoms with Gasteiger partial charge in [0.1, 0.15) is 0 Å². The molecular formula is C22H22Cl2N4O. The fourth-order valence-electron chi connectivity index (χ4n) is 3.88. The van der Waals surface area contributed by atoms with Gasteiger partial charge in [0, 0.05) is 31.2 Å². The third-order valence-corrected chi connectivity index (χ3v) is 5.85. The van der Waals surface area contributed by atoms with Crippen molar-refractivity contribution >= 4 is 34.8 Å². The van der Waals surface area contributed by atoms with Crippen molar-refractivity contribution in [3.05, 3.63) is 75.5 Å². The molecule has 150 valence electrons. The molecule has 0 unspecified atom stereocenters. The Balaban J connectivity index is 1.50. The van der Waals surface area contributed by atoms with Crippen molar-refractivity contribution < 1.29 is 4.79 Å². The van der Waals surface area contributed by atoms with Gasteiger partial charge in [0.2, 0.25) is 0 Å². The first-order valence-electron chi connectivity index (χ1n) is 9.56. The van der Waals surface area contributed by atoms with Crippen molar-refractivity contribution in [2.45, 2.75) is 13.8 Å². The minimum atomic E-state index is -0.0558. The van der Waals surface area contributed by atoms with E-state index in [1.165, 1.54) is 0 Å². The van der Waals surface area contributed by atoms with E-state index in [-0.39, 0.29) is 5.91 Å². The molecule has 4 rings (SSSR count). The first-order valence-corrected chi connectivity index (χ1v) is 10.3. The van der Waals surface area contributed by atoms with Gasteiger partial charge in [-0.3, -0.25) is 4.79 Å². The van der Waals surface area contributed by atoms with Crippen LogP contribution in [-0.4, -0.2) is 46.8 Å². The molecule has 3 aromatic rings. The highest BCUT2D eigenvalue weighted by Crippen LogP contribution is 2.28. The fraction of sp³-hybridized carbons (Fsp3) is 0.273. The normalized spacial score (nSPS) is 14.3. The van der Waals surface area contributed by atoms with Crippen molar-refractivity contribution in [2.24, 2.45) is 0 Å². The summed E-state index contributed by atoms with van der Waals surface area (Å²) in [5, 5.41) is 5.66. The van der Waals surface area contributed by atoms with Crippen LogP contribution in [0.1, 0.15) is 21.7 Å². The van der Waals surface area contributed by atoms with E-state index in [1.807, 2.05) is 34.7 Å². The first-order chi connectivity index (χ1) is 14.0. The number of hydrogen-bond acceptors (Lipinski definition) is 3. The number of aryl methyl sites for hydroxylation is 1. The van der Waals surface area contributed by atoms with E-state index >= 15 is 0 Å². The monoisotopic (exact) mass is 428 g/mol. The summed E-state index contributed by atoms with van der Waals surface area (Å²) in [6.45, 7) is 6.89. The van der Waals surface area contributed by atoms with Gasteiger partial charge in [-0.15, -0.1) is 0 Å². The van der Waals surface area contributed by atoms with Crippen molar-refractivity contribution in [1.29, 1.82) is 0 Å². The molecule has 1 aliphatic heterocycles. The van der Waals surface area contributed by atoms with Crippen molar-refractivity contribution in [2.75, 3.05) is 31.1 Å². The number of benzene rings is 2. The largest absolute Gasteiger partial charge is 0.365 e. The van der Waals surface area contributed by atoms with Crippen LogP contribution in [0.5, 0.6) is 0 Å². The molecule has 0 saturated carbocycles. The predicted molar refractivity (Wildman–Crippen MR) is 118 cm³/mol. The van der Waals surface area contributed by atoms with Gasteiger partial charge < -0.3 is 9.80 Å². The fourth-order valence-corrected chi connectivity index (χ4v) is 4.37. The molecule has 5 nitrogen and oxygen atoms in total. The summed E-state index contributed by atoms with van der Waals surface area (Å²) in [7, 11) is 0. The Labute approximate surface area is 180 Å². The van der Waals surface area contributed by atoms with E-state index in [9.17, 15) is 4.79 Å². The zero-order valence-corrected chi connectivity index (χ0v) is 17.9. The second-order valence-electron chi connectivity index (χ2n) is 7.17. The smallest absolute Gasteiger partial charge is 0.255 e. The zero-order valence-electron chi connectivity index (χ0n) is 16.4. The van der Waals surface area contributed by atoms with E-state index < -0.39 is 0 Å². The van der Waals surface area contributed by atoms with E-state index in [4.69, 9.17) is 28.3 Å². The van der Waals surface area contributed by atoms with Gasteiger partial charge in [-0.2, -0.15) is 5.10 Å². The van der Waals surface area contributed by atoms with Crippen LogP contribution in [-0.2, 0) is 0 Å². The van der Waals surface area contributed by atoms with E-state index in [0.717, 1.165) is 35.9 Å². The summed E-state index contributed by atoms with van der Waals surface area (Å²) in [5.74, 6) is -0.0558. The summed E-state index contributed by atoms with van der Waals surface area (Å²) in [5.41, 5.74) is 4.78. The lowest BCUT2D eigenvalue weighted by atomic mass is 10.1.